The van der Waals surface area contributed by atoms with Gasteiger partial charge < -0.3 is 0 Å². The second-order valence-electron chi connectivity index (χ2n) is 2.45. The Kier molecular flexibility index (Phi) is 3.77. The second-order valence-corrected chi connectivity index (χ2v) is 3.10. The molecule has 0 aliphatic heterocycles. The molecule has 0 saturated heterocycles. The molecule has 1 aromatic rings. The van der Waals surface area contributed by atoms with Gasteiger partial charge in [-0.2, -0.15) is 0 Å². The minimum atomic E-state index is -2.78. The van der Waals surface area contributed by atoms with Crippen LogP contribution in [0.4, 0.5) is 8.78 Å². The lowest BCUT2D eigenvalue weighted by molar-refractivity contribution is 0.110. The zero-order chi connectivity index (χ0) is 10.7. The van der Waals surface area contributed by atoms with Gasteiger partial charge in [0.15, 0.2) is 6.29 Å². The third kappa shape index (κ3) is 2.19. The zero-order valence-electron chi connectivity index (χ0n) is 6.81. The Hall–Kier alpha value is -0.740. The van der Waals surface area contributed by atoms with E-state index in [-0.39, 0.29) is 22.3 Å². The van der Waals surface area contributed by atoms with Crippen LogP contribution in [-0.2, 0) is 5.88 Å². The molecule has 0 fully saturated rings. The molecule has 2 nitrogen and oxygen atoms in total. The highest BCUT2D eigenvalue weighted by molar-refractivity contribution is 6.29. The Labute approximate surface area is 88.8 Å². The first-order valence-corrected chi connectivity index (χ1v) is 4.50. The largest absolute Gasteiger partial charge is 0.298 e. The summed E-state index contributed by atoms with van der Waals surface area (Å²) in [4.78, 5) is 14.1. The Morgan fingerprint density at radius 1 is 1.57 bits per heavy atom. The number of rotatable bonds is 3. The van der Waals surface area contributed by atoms with Gasteiger partial charge in [-0.25, -0.2) is 13.8 Å². The maximum absolute atomic E-state index is 12.5. The molecule has 0 aromatic carbocycles. The minimum absolute atomic E-state index is 0.0212. The molecule has 14 heavy (non-hydrogen) atoms. The van der Waals surface area contributed by atoms with Crippen molar-refractivity contribution in [2.75, 3.05) is 0 Å². The van der Waals surface area contributed by atoms with Crippen LogP contribution in [0.3, 0.4) is 0 Å². The van der Waals surface area contributed by atoms with Crippen LogP contribution in [0, 0.1) is 0 Å². The van der Waals surface area contributed by atoms with Gasteiger partial charge in [0.2, 0.25) is 0 Å². The first kappa shape index (κ1) is 11.3. The predicted octanol–water partition coefficient (Wildman–Crippen LogP) is 3.22. The predicted molar refractivity (Wildman–Crippen MR) is 49.1 cm³/mol. The topological polar surface area (TPSA) is 30.0 Å². The first-order valence-electron chi connectivity index (χ1n) is 3.58. The number of halogens is 4. The van der Waals surface area contributed by atoms with Crippen molar-refractivity contribution in [2.24, 2.45) is 0 Å². The summed E-state index contributed by atoms with van der Waals surface area (Å²) < 4.78 is 25.0. The number of aldehydes is 1. The maximum atomic E-state index is 12.5. The average Bonchev–Trinajstić information content (AvgIpc) is 2.15. The zero-order valence-corrected chi connectivity index (χ0v) is 8.32. The van der Waals surface area contributed by atoms with Crippen molar-refractivity contribution < 1.29 is 13.6 Å². The summed E-state index contributed by atoms with van der Waals surface area (Å²) in [5.41, 5.74) is -0.675. The molecule has 1 heterocycles. The van der Waals surface area contributed by atoms with Gasteiger partial charge in [-0.3, -0.25) is 4.79 Å². The molecule has 0 bridgehead atoms. The van der Waals surface area contributed by atoms with Crippen molar-refractivity contribution in [1.29, 1.82) is 0 Å². The van der Waals surface area contributed by atoms with Crippen LogP contribution in [0.1, 0.15) is 28.0 Å². The molecule has 0 aliphatic rings. The molecule has 0 radical (unpaired) electrons. The molecular formula is C8H5Cl2F2NO. The van der Waals surface area contributed by atoms with Crippen molar-refractivity contribution in [2.45, 2.75) is 12.3 Å². The van der Waals surface area contributed by atoms with Crippen LogP contribution >= 0.6 is 23.2 Å². The van der Waals surface area contributed by atoms with Gasteiger partial charge in [0, 0.05) is 5.56 Å². The molecule has 6 heteroatoms. The summed E-state index contributed by atoms with van der Waals surface area (Å²) in [5.74, 6) is -0.207. The summed E-state index contributed by atoms with van der Waals surface area (Å²) in [6.45, 7) is 0. The molecule has 0 amide bonds. The summed E-state index contributed by atoms with van der Waals surface area (Å²) in [6.07, 6.45) is -2.47. The SMILES string of the molecule is O=Cc1cc(Cl)nc(CCl)c1C(F)F. The van der Waals surface area contributed by atoms with E-state index in [0.29, 0.717) is 6.29 Å². The van der Waals surface area contributed by atoms with Crippen LogP contribution in [0.2, 0.25) is 5.15 Å². The average molecular weight is 240 g/mol. The Morgan fingerprint density at radius 3 is 2.64 bits per heavy atom. The molecule has 76 valence electrons. The van der Waals surface area contributed by atoms with Gasteiger partial charge in [0.1, 0.15) is 5.15 Å². The molecular weight excluding hydrogens is 235 g/mol. The van der Waals surface area contributed by atoms with Gasteiger partial charge in [-0.1, -0.05) is 11.6 Å². The molecule has 0 N–H and O–H groups in total. The number of nitrogens with zero attached hydrogens (tertiary/aromatic N) is 1. The highest BCUT2D eigenvalue weighted by Crippen LogP contribution is 2.27. The first-order chi connectivity index (χ1) is 6.60. The summed E-state index contributed by atoms with van der Waals surface area (Å²) in [6, 6.07) is 1.09. The number of alkyl halides is 3. The number of hydrogen-bond acceptors (Lipinski definition) is 2. The highest BCUT2D eigenvalue weighted by Gasteiger charge is 2.19. The number of carbonyl (C=O) groups is 1. The normalized spacial score (nSPS) is 10.6. The lowest BCUT2D eigenvalue weighted by Crippen LogP contribution is -2.02. The quantitative estimate of drug-likeness (QED) is 0.461. The van der Waals surface area contributed by atoms with Crippen LogP contribution in [0.5, 0.6) is 0 Å². The molecule has 1 rings (SSSR count). The van der Waals surface area contributed by atoms with Crippen LogP contribution in [0.15, 0.2) is 6.07 Å². The maximum Gasteiger partial charge on any atom is 0.266 e. The van der Waals surface area contributed by atoms with E-state index in [1.807, 2.05) is 0 Å². The van der Waals surface area contributed by atoms with Gasteiger partial charge >= 0.3 is 0 Å². The van der Waals surface area contributed by atoms with Crippen LogP contribution < -0.4 is 0 Å². The third-order valence-corrected chi connectivity index (χ3v) is 2.06. The fourth-order valence-electron chi connectivity index (χ4n) is 1.05. The molecule has 0 atom stereocenters. The van der Waals surface area contributed by atoms with E-state index in [4.69, 9.17) is 23.2 Å². The Morgan fingerprint density at radius 2 is 2.21 bits per heavy atom. The monoisotopic (exact) mass is 239 g/mol. The van der Waals surface area contributed by atoms with Crippen molar-refractivity contribution >= 4 is 29.5 Å². The lowest BCUT2D eigenvalue weighted by atomic mass is 10.1. The Bertz CT molecular complexity index is 357. The standard InChI is InChI=1S/C8H5Cl2F2NO/c9-2-5-7(8(11)12)4(3-14)1-6(10)13-5/h1,3,8H,2H2. The van der Waals surface area contributed by atoms with E-state index < -0.39 is 12.0 Å². The van der Waals surface area contributed by atoms with Gasteiger partial charge in [0.25, 0.3) is 6.43 Å². The molecule has 0 spiro atoms. The van der Waals surface area contributed by atoms with E-state index in [1.165, 1.54) is 0 Å². The molecule has 0 aliphatic carbocycles. The van der Waals surface area contributed by atoms with E-state index in [9.17, 15) is 13.6 Å². The summed E-state index contributed by atoms with van der Waals surface area (Å²) in [5, 5.41) is -0.0212. The summed E-state index contributed by atoms with van der Waals surface area (Å²) >= 11 is 10.9. The van der Waals surface area contributed by atoms with Crippen LogP contribution in [0.25, 0.3) is 0 Å². The molecule has 0 unspecified atom stereocenters. The Balaban J connectivity index is 3.40. The second kappa shape index (κ2) is 4.66. The minimum Gasteiger partial charge on any atom is -0.298 e. The van der Waals surface area contributed by atoms with Gasteiger partial charge in [0.05, 0.1) is 17.1 Å². The number of aromatic nitrogens is 1. The van der Waals surface area contributed by atoms with Gasteiger partial charge in [-0.15, -0.1) is 11.6 Å². The lowest BCUT2D eigenvalue weighted by Gasteiger charge is -2.08. The van der Waals surface area contributed by atoms with E-state index in [0.717, 1.165) is 6.07 Å². The van der Waals surface area contributed by atoms with E-state index in [2.05, 4.69) is 4.98 Å². The van der Waals surface area contributed by atoms with Crippen molar-refractivity contribution in [3.63, 3.8) is 0 Å². The van der Waals surface area contributed by atoms with Crippen LogP contribution in [-0.4, -0.2) is 11.3 Å². The van der Waals surface area contributed by atoms with Crippen molar-refractivity contribution in [3.05, 3.63) is 28.0 Å². The molecule has 0 saturated carbocycles. The fraction of sp³-hybridized carbons (Fsp3) is 0.250. The van der Waals surface area contributed by atoms with Crippen molar-refractivity contribution in [1.82, 2.24) is 4.98 Å². The smallest absolute Gasteiger partial charge is 0.266 e. The van der Waals surface area contributed by atoms with Crippen molar-refractivity contribution in [3.8, 4) is 0 Å². The number of hydrogen-bond donors (Lipinski definition) is 0. The molecule has 1 aromatic heterocycles. The highest BCUT2D eigenvalue weighted by atomic mass is 35.5. The summed E-state index contributed by atoms with van der Waals surface area (Å²) in [7, 11) is 0. The van der Waals surface area contributed by atoms with E-state index in [1.54, 1.807) is 0 Å². The number of carbonyl (C=O) groups excluding carboxylic acids is 1. The van der Waals surface area contributed by atoms with E-state index >= 15 is 0 Å². The fourth-order valence-corrected chi connectivity index (χ4v) is 1.47. The van der Waals surface area contributed by atoms with Gasteiger partial charge in [-0.05, 0) is 6.07 Å². The number of pyridine rings is 1. The third-order valence-electron chi connectivity index (χ3n) is 1.61.